The standard InChI is InChI=1S/C12H16N2O2S/c1-12(13(2)9-10-14(12)3)17(15,16)11-7-5-4-6-8-11/h4-10H,1-3H3. The van der Waals surface area contributed by atoms with Crippen LogP contribution in [0.1, 0.15) is 6.92 Å². The molecule has 4 nitrogen and oxygen atoms in total. The van der Waals surface area contributed by atoms with Crippen molar-refractivity contribution in [2.75, 3.05) is 14.1 Å². The highest BCUT2D eigenvalue weighted by Gasteiger charge is 2.48. The fraction of sp³-hybridized carbons (Fsp3) is 0.333. The molecule has 17 heavy (non-hydrogen) atoms. The van der Waals surface area contributed by atoms with Crippen molar-refractivity contribution >= 4 is 9.84 Å². The molecule has 0 aromatic heterocycles. The fourth-order valence-corrected chi connectivity index (χ4v) is 3.77. The van der Waals surface area contributed by atoms with Crippen molar-refractivity contribution in [1.82, 2.24) is 9.80 Å². The molecular formula is C12H16N2O2S. The van der Waals surface area contributed by atoms with Gasteiger partial charge in [-0.25, -0.2) is 8.42 Å². The number of hydrogen-bond donors (Lipinski definition) is 0. The Morgan fingerprint density at radius 3 is 1.94 bits per heavy atom. The third-order valence-corrected chi connectivity index (χ3v) is 5.87. The van der Waals surface area contributed by atoms with Crippen molar-refractivity contribution in [2.24, 2.45) is 0 Å². The van der Waals surface area contributed by atoms with E-state index in [0.717, 1.165) is 0 Å². The Kier molecular flexibility index (Phi) is 2.66. The maximum atomic E-state index is 12.7. The normalized spacial score (nSPS) is 18.8. The molecule has 0 fully saturated rings. The van der Waals surface area contributed by atoms with Gasteiger partial charge in [0.25, 0.3) is 0 Å². The van der Waals surface area contributed by atoms with Crippen LogP contribution in [0.2, 0.25) is 0 Å². The number of sulfone groups is 1. The van der Waals surface area contributed by atoms with E-state index in [-0.39, 0.29) is 0 Å². The summed E-state index contributed by atoms with van der Waals surface area (Å²) in [7, 11) is 0.0815. The Balaban J connectivity index is 2.54. The first kappa shape index (κ1) is 12.0. The summed E-state index contributed by atoms with van der Waals surface area (Å²) in [5.74, 6) is 0. The highest BCUT2D eigenvalue weighted by atomic mass is 32.2. The van der Waals surface area contributed by atoms with Gasteiger partial charge in [-0.2, -0.15) is 0 Å². The van der Waals surface area contributed by atoms with Gasteiger partial charge in [0.1, 0.15) is 0 Å². The average molecular weight is 252 g/mol. The second-order valence-electron chi connectivity index (χ2n) is 4.27. The van der Waals surface area contributed by atoms with Gasteiger partial charge >= 0.3 is 0 Å². The summed E-state index contributed by atoms with van der Waals surface area (Å²) in [6.45, 7) is 1.70. The van der Waals surface area contributed by atoms with E-state index in [1.54, 1.807) is 67.5 Å². The van der Waals surface area contributed by atoms with Crippen LogP contribution in [0.3, 0.4) is 0 Å². The molecule has 0 aliphatic carbocycles. The first-order chi connectivity index (χ1) is 7.90. The predicted octanol–water partition coefficient (Wildman–Crippen LogP) is 1.48. The topological polar surface area (TPSA) is 40.6 Å². The molecule has 0 unspecified atom stereocenters. The molecule has 0 saturated carbocycles. The minimum atomic E-state index is -3.45. The number of nitrogens with zero attached hydrogens (tertiary/aromatic N) is 2. The number of rotatable bonds is 2. The van der Waals surface area contributed by atoms with Crippen LogP contribution in [0.15, 0.2) is 47.6 Å². The van der Waals surface area contributed by atoms with Crippen LogP contribution < -0.4 is 0 Å². The van der Waals surface area contributed by atoms with Crippen LogP contribution in [0.4, 0.5) is 0 Å². The quantitative estimate of drug-likeness (QED) is 0.799. The molecule has 1 aromatic carbocycles. The molecule has 1 heterocycles. The highest BCUT2D eigenvalue weighted by Crippen LogP contribution is 2.34. The second kappa shape index (κ2) is 3.77. The SMILES string of the molecule is CN1C=CN(C)C1(C)S(=O)(=O)c1ccccc1. The van der Waals surface area contributed by atoms with Crippen LogP contribution in [0.5, 0.6) is 0 Å². The number of benzene rings is 1. The fourth-order valence-electron chi connectivity index (χ4n) is 1.93. The largest absolute Gasteiger partial charge is 0.344 e. The molecule has 2 rings (SSSR count). The van der Waals surface area contributed by atoms with E-state index < -0.39 is 14.8 Å². The van der Waals surface area contributed by atoms with E-state index in [4.69, 9.17) is 0 Å². The van der Waals surface area contributed by atoms with E-state index >= 15 is 0 Å². The molecule has 1 aliphatic rings. The summed E-state index contributed by atoms with van der Waals surface area (Å²) in [6.07, 6.45) is 3.53. The van der Waals surface area contributed by atoms with Crippen LogP contribution in [-0.4, -0.2) is 37.3 Å². The predicted molar refractivity (Wildman–Crippen MR) is 66.7 cm³/mol. The van der Waals surface area contributed by atoms with Crippen molar-refractivity contribution in [1.29, 1.82) is 0 Å². The Morgan fingerprint density at radius 2 is 1.47 bits per heavy atom. The molecule has 0 saturated heterocycles. The third-order valence-electron chi connectivity index (χ3n) is 3.39. The summed E-state index contributed by atoms with van der Waals surface area (Å²) in [4.78, 5) is 2.68. The molecule has 0 spiro atoms. The highest BCUT2D eigenvalue weighted by molar-refractivity contribution is 7.92. The Hall–Kier alpha value is -1.49. The lowest BCUT2D eigenvalue weighted by atomic mass is 10.4. The second-order valence-corrected chi connectivity index (χ2v) is 6.52. The molecular weight excluding hydrogens is 236 g/mol. The van der Waals surface area contributed by atoms with Crippen molar-refractivity contribution in [3.05, 3.63) is 42.7 Å². The van der Waals surface area contributed by atoms with Gasteiger partial charge in [-0.1, -0.05) is 18.2 Å². The van der Waals surface area contributed by atoms with Crippen LogP contribution >= 0.6 is 0 Å². The van der Waals surface area contributed by atoms with E-state index in [2.05, 4.69) is 0 Å². The first-order valence-electron chi connectivity index (χ1n) is 5.34. The van der Waals surface area contributed by atoms with Crippen molar-refractivity contribution in [3.8, 4) is 0 Å². The molecule has 5 heteroatoms. The number of hydrogen-bond acceptors (Lipinski definition) is 4. The van der Waals surface area contributed by atoms with Gasteiger partial charge in [0.15, 0.2) is 0 Å². The third kappa shape index (κ3) is 1.53. The van der Waals surface area contributed by atoms with Gasteiger partial charge in [-0.05, 0) is 19.1 Å². The first-order valence-corrected chi connectivity index (χ1v) is 6.83. The van der Waals surface area contributed by atoms with E-state index in [1.165, 1.54) is 0 Å². The molecule has 0 radical (unpaired) electrons. The molecule has 0 atom stereocenters. The summed E-state index contributed by atoms with van der Waals surface area (Å²) in [6, 6.07) is 8.53. The van der Waals surface area contributed by atoms with Crippen LogP contribution in [0.25, 0.3) is 0 Å². The molecule has 1 aromatic rings. The molecule has 1 aliphatic heterocycles. The maximum Gasteiger partial charge on any atom is 0.221 e. The smallest absolute Gasteiger partial charge is 0.221 e. The van der Waals surface area contributed by atoms with Crippen molar-refractivity contribution < 1.29 is 8.42 Å². The summed E-state index contributed by atoms with van der Waals surface area (Å²) < 4.78 is 25.3. The summed E-state index contributed by atoms with van der Waals surface area (Å²) in [5, 5.41) is 0. The minimum absolute atomic E-state index is 0.338. The van der Waals surface area contributed by atoms with E-state index in [0.29, 0.717) is 4.90 Å². The minimum Gasteiger partial charge on any atom is -0.344 e. The molecule has 0 N–H and O–H groups in total. The lowest BCUT2D eigenvalue weighted by Crippen LogP contribution is -2.53. The van der Waals surface area contributed by atoms with Crippen LogP contribution in [0, 0.1) is 0 Å². The average Bonchev–Trinajstić information content (AvgIpc) is 2.59. The van der Waals surface area contributed by atoms with Gasteiger partial charge in [0.2, 0.25) is 14.8 Å². The van der Waals surface area contributed by atoms with Crippen molar-refractivity contribution in [3.63, 3.8) is 0 Å². The summed E-state index contributed by atoms with van der Waals surface area (Å²) >= 11 is 0. The van der Waals surface area contributed by atoms with Gasteiger partial charge < -0.3 is 9.80 Å². The van der Waals surface area contributed by atoms with E-state index in [1.807, 2.05) is 6.07 Å². The van der Waals surface area contributed by atoms with Gasteiger partial charge in [-0.3, -0.25) is 0 Å². The van der Waals surface area contributed by atoms with Crippen molar-refractivity contribution in [2.45, 2.75) is 16.8 Å². The Morgan fingerprint density at radius 1 is 1.00 bits per heavy atom. The molecule has 0 amide bonds. The Labute approximate surface area is 102 Å². The zero-order valence-corrected chi connectivity index (χ0v) is 11.0. The van der Waals surface area contributed by atoms with E-state index in [9.17, 15) is 8.42 Å². The monoisotopic (exact) mass is 252 g/mol. The maximum absolute atomic E-state index is 12.7. The van der Waals surface area contributed by atoms with Gasteiger partial charge in [0, 0.05) is 26.5 Å². The molecule has 0 bridgehead atoms. The Bertz CT molecular complexity index is 525. The van der Waals surface area contributed by atoms with Crippen LogP contribution in [-0.2, 0) is 9.84 Å². The lowest BCUT2D eigenvalue weighted by Gasteiger charge is -2.38. The summed E-state index contributed by atoms with van der Waals surface area (Å²) in [5.41, 5.74) is 0. The molecule has 92 valence electrons. The lowest BCUT2D eigenvalue weighted by molar-refractivity contribution is 0.172. The van der Waals surface area contributed by atoms with Gasteiger partial charge in [0.05, 0.1) is 4.90 Å². The van der Waals surface area contributed by atoms with Gasteiger partial charge in [-0.15, -0.1) is 0 Å². The zero-order chi connectivity index (χ0) is 12.7. The zero-order valence-electron chi connectivity index (χ0n) is 10.2.